The van der Waals surface area contributed by atoms with Gasteiger partial charge in [0.1, 0.15) is 5.76 Å². The van der Waals surface area contributed by atoms with Crippen LogP contribution >= 0.6 is 0 Å². The van der Waals surface area contributed by atoms with E-state index in [0.29, 0.717) is 18.0 Å². The Morgan fingerprint density at radius 2 is 1.73 bits per heavy atom. The molecular formula is C20H22N2O3S. The fourth-order valence-electron chi connectivity index (χ4n) is 3.74. The topological polar surface area (TPSA) is 63.4 Å². The summed E-state index contributed by atoms with van der Waals surface area (Å²) in [5.41, 5.74) is 1.94. The highest BCUT2D eigenvalue weighted by Crippen LogP contribution is 2.33. The molecule has 0 bridgehead atoms. The van der Waals surface area contributed by atoms with E-state index in [-0.39, 0.29) is 5.92 Å². The molecule has 26 heavy (non-hydrogen) atoms. The Morgan fingerprint density at radius 1 is 1.04 bits per heavy atom. The predicted molar refractivity (Wildman–Crippen MR) is 101 cm³/mol. The monoisotopic (exact) mass is 370 g/mol. The Bertz CT molecular complexity index is 1050. The van der Waals surface area contributed by atoms with E-state index in [1.165, 1.54) is 0 Å². The third kappa shape index (κ3) is 2.93. The molecule has 4 rings (SSSR count). The molecule has 6 heteroatoms. The van der Waals surface area contributed by atoms with Gasteiger partial charge in [0, 0.05) is 30.5 Å². The second kappa shape index (κ2) is 6.52. The van der Waals surface area contributed by atoms with Crippen LogP contribution in [0.2, 0.25) is 0 Å². The maximum atomic E-state index is 13.2. The Kier molecular flexibility index (Phi) is 4.32. The molecule has 1 aromatic heterocycles. The van der Waals surface area contributed by atoms with Crippen LogP contribution in [0.3, 0.4) is 0 Å². The molecule has 1 fully saturated rings. The van der Waals surface area contributed by atoms with Gasteiger partial charge < -0.3 is 4.52 Å². The smallest absolute Gasteiger partial charge is 0.243 e. The maximum Gasteiger partial charge on any atom is 0.243 e. The van der Waals surface area contributed by atoms with Crippen molar-refractivity contribution in [3.05, 3.63) is 59.5 Å². The van der Waals surface area contributed by atoms with Crippen LogP contribution in [0.15, 0.2) is 51.9 Å². The van der Waals surface area contributed by atoms with E-state index in [1.54, 1.807) is 10.4 Å². The minimum absolute atomic E-state index is 0.234. The molecule has 1 saturated heterocycles. The fourth-order valence-corrected chi connectivity index (χ4v) is 5.41. The largest absolute Gasteiger partial charge is 0.361 e. The molecule has 0 radical (unpaired) electrons. The first-order valence-electron chi connectivity index (χ1n) is 8.88. The Hall–Kier alpha value is -2.18. The van der Waals surface area contributed by atoms with Crippen LogP contribution in [-0.2, 0) is 10.0 Å². The lowest BCUT2D eigenvalue weighted by Gasteiger charge is -2.30. The van der Waals surface area contributed by atoms with Crippen LogP contribution in [0.25, 0.3) is 10.8 Å². The van der Waals surface area contributed by atoms with E-state index in [0.717, 1.165) is 40.6 Å². The molecule has 3 aromatic rings. The molecule has 0 spiro atoms. The van der Waals surface area contributed by atoms with Crippen molar-refractivity contribution >= 4 is 20.8 Å². The number of sulfonamides is 1. The first-order chi connectivity index (χ1) is 12.5. The van der Waals surface area contributed by atoms with Gasteiger partial charge in [-0.3, -0.25) is 0 Å². The van der Waals surface area contributed by atoms with Crippen molar-refractivity contribution in [1.29, 1.82) is 0 Å². The second-order valence-electron chi connectivity index (χ2n) is 6.98. The van der Waals surface area contributed by atoms with E-state index in [2.05, 4.69) is 5.16 Å². The minimum atomic E-state index is -3.52. The molecule has 5 nitrogen and oxygen atoms in total. The zero-order valence-corrected chi connectivity index (χ0v) is 15.8. The lowest BCUT2D eigenvalue weighted by Crippen LogP contribution is -2.37. The summed E-state index contributed by atoms with van der Waals surface area (Å²) in [4.78, 5) is 0.396. The number of benzene rings is 2. The summed E-state index contributed by atoms with van der Waals surface area (Å²) in [5, 5.41) is 5.72. The van der Waals surface area contributed by atoms with Crippen molar-refractivity contribution in [1.82, 2.24) is 9.46 Å². The molecule has 0 atom stereocenters. The highest BCUT2D eigenvalue weighted by molar-refractivity contribution is 7.89. The van der Waals surface area contributed by atoms with Crippen molar-refractivity contribution in [2.45, 2.75) is 37.5 Å². The maximum absolute atomic E-state index is 13.2. The lowest BCUT2D eigenvalue weighted by atomic mass is 9.95. The number of rotatable bonds is 3. The summed E-state index contributed by atoms with van der Waals surface area (Å²) < 4.78 is 33.5. The standard InChI is InChI=1S/C20H22N2O3S/c1-14-7-8-20(18-6-4-3-5-17(14)18)26(23,24)22-11-9-16(10-12-22)19-13-15(2)21-25-19/h3-8,13,16H,9-12H2,1-2H3. The zero-order valence-electron chi connectivity index (χ0n) is 15.0. The number of aromatic nitrogens is 1. The fraction of sp³-hybridized carbons (Fsp3) is 0.350. The average molecular weight is 370 g/mol. The van der Waals surface area contributed by atoms with Gasteiger partial charge in [-0.25, -0.2) is 8.42 Å². The van der Waals surface area contributed by atoms with Gasteiger partial charge in [0.25, 0.3) is 0 Å². The molecule has 136 valence electrons. The highest BCUT2D eigenvalue weighted by Gasteiger charge is 2.32. The number of aryl methyl sites for hydroxylation is 2. The quantitative estimate of drug-likeness (QED) is 0.699. The van der Waals surface area contributed by atoms with Crippen LogP contribution in [0.4, 0.5) is 0 Å². The van der Waals surface area contributed by atoms with Gasteiger partial charge in [0.05, 0.1) is 10.6 Å². The van der Waals surface area contributed by atoms with Gasteiger partial charge >= 0.3 is 0 Å². The second-order valence-corrected chi connectivity index (χ2v) is 8.88. The SMILES string of the molecule is Cc1cc(C2CCN(S(=O)(=O)c3ccc(C)c4ccccc34)CC2)on1. The van der Waals surface area contributed by atoms with Crippen LogP contribution in [0, 0.1) is 13.8 Å². The van der Waals surface area contributed by atoms with Gasteiger partial charge in [-0.2, -0.15) is 4.31 Å². The Labute approximate surface area is 153 Å². The van der Waals surface area contributed by atoms with Crippen LogP contribution in [0.5, 0.6) is 0 Å². The number of nitrogens with zero attached hydrogens (tertiary/aromatic N) is 2. The summed E-state index contributed by atoms with van der Waals surface area (Å²) >= 11 is 0. The number of hydrogen-bond acceptors (Lipinski definition) is 4. The third-order valence-electron chi connectivity index (χ3n) is 5.22. The lowest BCUT2D eigenvalue weighted by molar-refractivity contribution is 0.275. The first kappa shape index (κ1) is 17.2. The van der Waals surface area contributed by atoms with Crippen molar-refractivity contribution in [3.63, 3.8) is 0 Å². The molecule has 1 aliphatic heterocycles. The third-order valence-corrected chi connectivity index (χ3v) is 7.18. The van der Waals surface area contributed by atoms with Gasteiger partial charge in [-0.15, -0.1) is 0 Å². The summed E-state index contributed by atoms with van der Waals surface area (Å²) in [7, 11) is -3.52. The Morgan fingerprint density at radius 3 is 2.38 bits per heavy atom. The van der Waals surface area contributed by atoms with Crippen molar-refractivity contribution < 1.29 is 12.9 Å². The van der Waals surface area contributed by atoms with Crippen LogP contribution in [-0.4, -0.2) is 31.0 Å². The van der Waals surface area contributed by atoms with Gasteiger partial charge in [0.2, 0.25) is 10.0 Å². The van der Waals surface area contributed by atoms with Crippen molar-refractivity contribution in [2.24, 2.45) is 0 Å². The zero-order chi connectivity index (χ0) is 18.3. The molecule has 0 unspecified atom stereocenters. The van der Waals surface area contributed by atoms with E-state index in [9.17, 15) is 8.42 Å². The molecule has 0 amide bonds. The number of hydrogen-bond donors (Lipinski definition) is 0. The summed E-state index contributed by atoms with van der Waals surface area (Å²) in [6, 6.07) is 13.3. The summed E-state index contributed by atoms with van der Waals surface area (Å²) in [6.07, 6.45) is 1.50. The van der Waals surface area contributed by atoms with Crippen molar-refractivity contribution in [3.8, 4) is 0 Å². The molecule has 1 aliphatic rings. The van der Waals surface area contributed by atoms with Gasteiger partial charge in [0.15, 0.2) is 0 Å². The van der Waals surface area contributed by atoms with E-state index in [1.807, 2.05) is 50.2 Å². The molecular weight excluding hydrogens is 348 g/mol. The number of fused-ring (bicyclic) bond motifs is 1. The molecule has 0 aliphatic carbocycles. The van der Waals surface area contributed by atoms with E-state index >= 15 is 0 Å². The summed E-state index contributed by atoms with van der Waals surface area (Å²) in [5.74, 6) is 1.10. The predicted octanol–water partition coefficient (Wildman–Crippen LogP) is 4.01. The molecule has 2 heterocycles. The van der Waals surface area contributed by atoms with Crippen molar-refractivity contribution in [2.75, 3.05) is 13.1 Å². The number of piperidine rings is 1. The molecule has 0 saturated carbocycles. The minimum Gasteiger partial charge on any atom is -0.361 e. The Balaban J connectivity index is 1.62. The normalized spacial score (nSPS) is 17.0. The van der Waals surface area contributed by atoms with Gasteiger partial charge in [-0.1, -0.05) is 35.5 Å². The van der Waals surface area contributed by atoms with E-state index < -0.39 is 10.0 Å². The molecule has 0 N–H and O–H groups in total. The molecule has 2 aromatic carbocycles. The average Bonchev–Trinajstić information content (AvgIpc) is 3.08. The van der Waals surface area contributed by atoms with E-state index in [4.69, 9.17) is 4.52 Å². The van der Waals surface area contributed by atoms with Crippen LogP contribution < -0.4 is 0 Å². The summed E-state index contributed by atoms with van der Waals surface area (Å²) in [6.45, 7) is 4.89. The van der Waals surface area contributed by atoms with Gasteiger partial charge in [-0.05, 0) is 43.7 Å². The highest BCUT2D eigenvalue weighted by atomic mass is 32.2. The first-order valence-corrected chi connectivity index (χ1v) is 10.3. The van der Waals surface area contributed by atoms with Crippen LogP contribution in [0.1, 0.15) is 35.8 Å².